The lowest BCUT2D eigenvalue weighted by Crippen LogP contribution is -2.28. The molecule has 0 spiro atoms. The number of aromatic amines is 2. The number of nitrogens with one attached hydrogen (secondary N) is 3. The normalized spacial score (nSPS) is 11.9. The molecule has 1 unspecified atom stereocenters. The molecule has 0 bridgehead atoms. The van der Waals surface area contributed by atoms with Crippen LogP contribution in [0, 0.1) is 4.77 Å². The van der Waals surface area contributed by atoms with Crippen LogP contribution in [0.4, 0.5) is 0 Å². The summed E-state index contributed by atoms with van der Waals surface area (Å²) in [6, 6.07) is 7.11. The van der Waals surface area contributed by atoms with Gasteiger partial charge in [-0.15, -0.1) is 0 Å². The second-order valence-electron chi connectivity index (χ2n) is 4.76. The fourth-order valence-electron chi connectivity index (χ4n) is 1.99. The number of aromatic nitrogens is 3. The van der Waals surface area contributed by atoms with Gasteiger partial charge in [0.05, 0.1) is 6.04 Å². The molecule has 1 atom stereocenters. The van der Waals surface area contributed by atoms with Gasteiger partial charge in [-0.3, -0.25) is 19.7 Å². The van der Waals surface area contributed by atoms with E-state index < -0.39 is 0 Å². The lowest BCUT2D eigenvalue weighted by molar-refractivity contribution is -0.121. The van der Waals surface area contributed by atoms with Gasteiger partial charge in [-0.1, -0.05) is 29.8 Å². The number of aryl methyl sites for hydroxylation is 1. The summed E-state index contributed by atoms with van der Waals surface area (Å²) in [5.41, 5.74) is 0.710. The standard InChI is InChI=1S/C14H15ClN4O2S/c1-8(9-4-2-3-5-10(9)15)16-12(20)7-6-11-13(21)17-14(22)19-18-11/h2-5,8H,6-7H2,1H3,(H,16,20)(H2,17,19,21,22). The molecule has 0 aliphatic heterocycles. The van der Waals surface area contributed by atoms with E-state index in [4.69, 9.17) is 23.8 Å². The molecule has 6 nitrogen and oxygen atoms in total. The van der Waals surface area contributed by atoms with Gasteiger partial charge in [0.1, 0.15) is 5.69 Å². The number of amides is 1. The Bertz CT molecular complexity index is 787. The van der Waals surface area contributed by atoms with Crippen LogP contribution in [-0.4, -0.2) is 21.1 Å². The van der Waals surface area contributed by atoms with E-state index in [0.29, 0.717) is 5.02 Å². The molecule has 1 aromatic carbocycles. The number of hydrogen-bond donors (Lipinski definition) is 3. The summed E-state index contributed by atoms with van der Waals surface area (Å²) in [6.07, 6.45) is 0.373. The predicted octanol–water partition coefficient (Wildman–Crippen LogP) is 2.29. The molecule has 0 aliphatic rings. The first-order valence-electron chi connectivity index (χ1n) is 6.69. The van der Waals surface area contributed by atoms with Crippen LogP contribution in [0.3, 0.4) is 0 Å². The van der Waals surface area contributed by atoms with Gasteiger partial charge < -0.3 is 5.32 Å². The third-order valence-electron chi connectivity index (χ3n) is 3.12. The van der Waals surface area contributed by atoms with Crippen LogP contribution in [-0.2, 0) is 11.2 Å². The minimum absolute atomic E-state index is 0.148. The van der Waals surface area contributed by atoms with Crippen LogP contribution in [0.15, 0.2) is 29.1 Å². The summed E-state index contributed by atoms with van der Waals surface area (Å²) in [6.45, 7) is 1.85. The lowest BCUT2D eigenvalue weighted by Gasteiger charge is -2.15. The Kier molecular flexibility index (Phi) is 5.46. The van der Waals surface area contributed by atoms with Crippen molar-refractivity contribution in [2.75, 3.05) is 0 Å². The number of hydrogen-bond acceptors (Lipinski definition) is 4. The van der Waals surface area contributed by atoms with Crippen molar-refractivity contribution in [2.24, 2.45) is 0 Å². The van der Waals surface area contributed by atoms with Crippen LogP contribution in [0.5, 0.6) is 0 Å². The highest BCUT2D eigenvalue weighted by Crippen LogP contribution is 2.22. The quantitative estimate of drug-likeness (QED) is 0.729. The first kappa shape index (κ1) is 16.4. The fourth-order valence-corrected chi connectivity index (χ4v) is 2.43. The third-order valence-corrected chi connectivity index (χ3v) is 3.66. The zero-order valence-electron chi connectivity index (χ0n) is 11.9. The SMILES string of the molecule is CC(NC(=O)CCc1n[nH]c(=S)[nH]c1=O)c1ccccc1Cl. The molecule has 1 amide bonds. The van der Waals surface area contributed by atoms with Crippen molar-refractivity contribution in [3.05, 3.63) is 55.7 Å². The van der Waals surface area contributed by atoms with Gasteiger partial charge in [0.25, 0.3) is 5.56 Å². The van der Waals surface area contributed by atoms with Crippen molar-refractivity contribution in [1.29, 1.82) is 0 Å². The third kappa shape index (κ3) is 4.25. The number of carbonyl (C=O) groups is 1. The molecule has 0 aliphatic carbocycles. The zero-order chi connectivity index (χ0) is 16.1. The molecule has 0 saturated carbocycles. The number of rotatable bonds is 5. The lowest BCUT2D eigenvalue weighted by atomic mass is 10.1. The van der Waals surface area contributed by atoms with E-state index in [-0.39, 0.29) is 40.8 Å². The maximum absolute atomic E-state index is 12.0. The highest BCUT2D eigenvalue weighted by atomic mass is 35.5. The highest BCUT2D eigenvalue weighted by molar-refractivity contribution is 7.71. The zero-order valence-corrected chi connectivity index (χ0v) is 13.4. The van der Waals surface area contributed by atoms with Crippen LogP contribution in [0.2, 0.25) is 5.02 Å². The van der Waals surface area contributed by atoms with E-state index in [1.807, 2.05) is 25.1 Å². The molecule has 3 N–H and O–H groups in total. The molecule has 2 rings (SSSR count). The number of carbonyl (C=O) groups excluding carboxylic acids is 1. The average molecular weight is 339 g/mol. The largest absolute Gasteiger partial charge is 0.350 e. The summed E-state index contributed by atoms with van der Waals surface area (Å²) in [4.78, 5) is 26.0. The van der Waals surface area contributed by atoms with Gasteiger partial charge in [-0.05, 0) is 30.8 Å². The minimum Gasteiger partial charge on any atom is -0.350 e. The van der Waals surface area contributed by atoms with Crippen LogP contribution in [0.25, 0.3) is 0 Å². The number of benzene rings is 1. The summed E-state index contributed by atoms with van der Waals surface area (Å²) in [5, 5.41) is 9.77. The molecule has 0 saturated heterocycles. The summed E-state index contributed by atoms with van der Waals surface area (Å²) >= 11 is 10.8. The molecule has 0 fully saturated rings. The fraction of sp³-hybridized carbons (Fsp3) is 0.286. The van der Waals surface area contributed by atoms with Crippen molar-refractivity contribution >= 4 is 29.7 Å². The molecule has 8 heteroatoms. The van der Waals surface area contributed by atoms with E-state index in [1.165, 1.54) is 0 Å². The van der Waals surface area contributed by atoms with Crippen LogP contribution < -0.4 is 10.9 Å². The average Bonchev–Trinajstić information content (AvgIpc) is 2.46. The Morgan fingerprint density at radius 1 is 1.45 bits per heavy atom. The predicted molar refractivity (Wildman–Crippen MR) is 86.4 cm³/mol. The second-order valence-corrected chi connectivity index (χ2v) is 5.58. The van der Waals surface area contributed by atoms with Gasteiger partial charge >= 0.3 is 0 Å². The van der Waals surface area contributed by atoms with E-state index in [9.17, 15) is 9.59 Å². The van der Waals surface area contributed by atoms with Gasteiger partial charge in [-0.25, -0.2) is 0 Å². The van der Waals surface area contributed by atoms with Crippen molar-refractivity contribution in [2.45, 2.75) is 25.8 Å². The molecular weight excluding hydrogens is 324 g/mol. The first-order chi connectivity index (χ1) is 10.5. The topological polar surface area (TPSA) is 90.6 Å². The molecule has 1 aromatic heterocycles. The van der Waals surface area contributed by atoms with Gasteiger partial charge in [0.2, 0.25) is 5.91 Å². The first-order valence-corrected chi connectivity index (χ1v) is 7.47. The Hall–Kier alpha value is -1.99. The van der Waals surface area contributed by atoms with Gasteiger partial charge in [-0.2, -0.15) is 5.10 Å². The maximum atomic E-state index is 12.0. The Morgan fingerprint density at radius 3 is 2.86 bits per heavy atom. The molecule has 22 heavy (non-hydrogen) atoms. The van der Waals surface area contributed by atoms with E-state index in [1.54, 1.807) is 6.07 Å². The smallest absolute Gasteiger partial charge is 0.273 e. The number of H-pyrrole nitrogens is 2. The molecular formula is C14H15ClN4O2S. The molecule has 1 heterocycles. The van der Waals surface area contributed by atoms with Crippen molar-refractivity contribution in [3.8, 4) is 0 Å². The summed E-state index contributed by atoms with van der Waals surface area (Å²) < 4.78 is 0.158. The van der Waals surface area contributed by atoms with Crippen molar-refractivity contribution in [3.63, 3.8) is 0 Å². The van der Waals surface area contributed by atoms with E-state index in [0.717, 1.165) is 5.56 Å². The monoisotopic (exact) mass is 338 g/mol. The molecule has 116 valence electrons. The van der Waals surface area contributed by atoms with Crippen molar-refractivity contribution in [1.82, 2.24) is 20.5 Å². The van der Waals surface area contributed by atoms with Crippen molar-refractivity contribution < 1.29 is 4.79 Å². The Labute approximate surface area is 136 Å². The molecule has 2 aromatic rings. The summed E-state index contributed by atoms with van der Waals surface area (Å²) in [7, 11) is 0. The Morgan fingerprint density at radius 2 is 2.18 bits per heavy atom. The minimum atomic E-state index is -0.379. The van der Waals surface area contributed by atoms with Crippen LogP contribution in [0.1, 0.15) is 30.6 Å². The van der Waals surface area contributed by atoms with E-state index in [2.05, 4.69) is 20.5 Å². The van der Waals surface area contributed by atoms with Crippen LogP contribution >= 0.6 is 23.8 Å². The van der Waals surface area contributed by atoms with Gasteiger partial charge in [0.15, 0.2) is 4.77 Å². The molecule has 0 radical (unpaired) electrons. The number of nitrogens with zero attached hydrogens (tertiary/aromatic N) is 1. The highest BCUT2D eigenvalue weighted by Gasteiger charge is 2.13. The maximum Gasteiger partial charge on any atom is 0.273 e. The summed E-state index contributed by atoms with van der Waals surface area (Å²) in [5.74, 6) is -0.184. The Balaban J connectivity index is 1.94. The second kappa shape index (κ2) is 7.33. The van der Waals surface area contributed by atoms with E-state index >= 15 is 0 Å². The number of halogens is 1. The van der Waals surface area contributed by atoms with Gasteiger partial charge in [0, 0.05) is 17.9 Å².